The van der Waals surface area contributed by atoms with Gasteiger partial charge in [-0.3, -0.25) is 4.79 Å². The van der Waals surface area contributed by atoms with Gasteiger partial charge in [-0.05, 0) is 19.8 Å². The number of carbonyl (C=O) groups is 1. The molecule has 0 radical (unpaired) electrons. The van der Waals surface area contributed by atoms with E-state index in [2.05, 4.69) is 0 Å². The van der Waals surface area contributed by atoms with Gasteiger partial charge in [-0.1, -0.05) is 6.42 Å². The van der Waals surface area contributed by atoms with Crippen molar-refractivity contribution < 1.29 is 13.2 Å². The van der Waals surface area contributed by atoms with Gasteiger partial charge >= 0.3 is 0 Å². The highest BCUT2D eigenvalue weighted by atomic mass is 35.5. The molecule has 6 heteroatoms. The maximum atomic E-state index is 12.0. The molecule has 1 fully saturated rings. The minimum absolute atomic E-state index is 0.131. The zero-order chi connectivity index (χ0) is 12.3. The van der Waals surface area contributed by atoms with E-state index in [1.807, 2.05) is 0 Å². The Morgan fingerprint density at radius 2 is 2.12 bits per heavy atom. The molecule has 1 heterocycles. The number of carbonyl (C=O) groups excluding carboxylic acids is 1. The lowest BCUT2D eigenvalue weighted by molar-refractivity contribution is -0.131. The number of hydrogen-bond donors (Lipinski definition) is 0. The van der Waals surface area contributed by atoms with Crippen molar-refractivity contribution >= 4 is 27.3 Å². The predicted octanol–water partition coefficient (Wildman–Crippen LogP) is 1.04. The Kier molecular flexibility index (Phi) is 4.62. The van der Waals surface area contributed by atoms with Gasteiger partial charge in [-0.15, -0.1) is 11.6 Å². The van der Waals surface area contributed by atoms with Crippen LogP contribution in [0, 0.1) is 0 Å². The van der Waals surface area contributed by atoms with Crippen LogP contribution in [0.25, 0.3) is 0 Å². The molecule has 1 saturated heterocycles. The van der Waals surface area contributed by atoms with Gasteiger partial charge in [-0.2, -0.15) is 0 Å². The van der Waals surface area contributed by atoms with Gasteiger partial charge < -0.3 is 4.90 Å². The van der Waals surface area contributed by atoms with E-state index in [0.29, 0.717) is 18.7 Å². The van der Waals surface area contributed by atoms with Crippen molar-refractivity contribution in [3.8, 4) is 0 Å². The standard InChI is InChI=1S/C10H18ClNO3S/c1-8(7-11)12(2)10(13)9-5-3-4-6-16(9,14)15/h8-9H,3-7H2,1-2H3. The molecule has 0 saturated carbocycles. The normalized spacial score (nSPS) is 26.1. The zero-order valence-electron chi connectivity index (χ0n) is 9.65. The number of hydrogen-bond acceptors (Lipinski definition) is 3. The lowest BCUT2D eigenvalue weighted by Crippen LogP contribution is -2.47. The lowest BCUT2D eigenvalue weighted by Gasteiger charge is -2.29. The molecule has 16 heavy (non-hydrogen) atoms. The molecule has 1 rings (SSSR count). The van der Waals surface area contributed by atoms with Gasteiger partial charge in [0, 0.05) is 19.0 Å². The van der Waals surface area contributed by atoms with Crippen molar-refractivity contribution in [3.63, 3.8) is 0 Å². The quantitative estimate of drug-likeness (QED) is 0.718. The van der Waals surface area contributed by atoms with Crippen LogP contribution in [-0.2, 0) is 14.6 Å². The van der Waals surface area contributed by atoms with Crippen LogP contribution in [0.15, 0.2) is 0 Å². The molecule has 0 aromatic heterocycles. The van der Waals surface area contributed by atoms with Crippen LogP contribution in [0.4, 0.5) is 0 Å². The zero-order valence-corrected chi connectivity index (χ0v) is 11.2. The summed E-state index contributed by atoms with van der Waals surface area (Å²) in [5, 5.41) is -0.850. The molecule has 0 aromatic rings. The Labute approximate surface area is 102 Å². The molecule has 4 nitrogen and oxygen atoms in total. The topological polar surface area (TPSA) is 54.5 Å². The van der Waals surface area contributed by atoms with Gasteiger partial charge in [0.15, 0.2) is 9.84 Å². The number of nitrogens with zero attached hydrogens (tertiary/aromatic N) is 1. The summed E-state index contributed by atoms with van der Waals surface area (Å²) in [4.78, 5) is 13.4. The Balaban J connectivity index is 2.80. The summed E-state index contributed by atoms with van der Waals surface area (Å²) >= 11 is 5.66. The van der Waals surface area contributed by atoms with Crippen LogP contribution >= 0.6 is 11.6 Å². The molecule has 0 spiro atoms. The molecule has 0 N–H and O–H groups in total. The molecular formula is C10H18ClNO3S. The highest BCUT2D eigenvalue weighted by molar-refractivity contribution is 7.92. The van der Waals surface area contributed by atoms with Crippen LogP contribution in [0.3, 0.4) is 0 Å². The number of halogens is 1. The summed E-state index contributed by atoms with van der Waals surface area (Å²) in [5.74, 6) is 0.134. The van der Waals surface area contributed by atoms with Gasteiger partial charge in [0.05, 0.1) is 5.75 Å². The van der Waals surface area contributed by atoms with E-state index in [-0.39, 0.29) is 17.7 Å². The summed E-state index contributed by atoms with van der Waals surface area (Å²) < 4.78 is 23.5. The van der Waals surface area contributed by atoms with Gasteiger partial charge in [0.1, 0.15) is 5.25 Å². The van der Waals surface area contributed by atoms with Crippen LogP contribution in [-0.4, -0.2) is 49.2 Å². The Morgan fingerprint density at radius 3 is 2.62 bits per heavy atom. The molecule has 0 aliphatic carbocycles. The third-order valence-electron chi connectivity index (χ3n) is 3.09. The number of alkyl halides is 1. The molecular weight excluding hydrogens is 250 g/mol. The monoisotopic (exact) mass is 267 g/mol. The van der Waals surface area contributed by atoms with Crippen LogP contribution in [0.5, 0.6) is 0 Å². The van der Waals surface area contributed by atoms with E-state index < -0.39 is 15.1 Å². The number of sulfone groups is 1. The fourth-order valence-corrected chi connectivity index (χ4v) is 3.88. The average molecular weight is 268 g/mol. The molecule has 1 aliphatic heterocycles. The molecule has 1 aliphatic rings. The van der Waals surface area contributed by atoms with E-state index in [9.17, 15) is 13.2 Å². The third kappa shape index (κ3) is 2.88. The predicted molar refractivity (Wildman–Crippen MR) is 64.4 cm³/mol. The summed E-state index contributed by atoms with van der Waals surface area (Å²) in [6.45, 7) is 1.81. The number of amides is 1. The largest absolute Gasteiger partial charge is 0.341 e. The minimum Gasteiger partial charge on any atom is -0.341 e. The summed E-state index contributed by atoms with van der Waals surface area (Å²) in [6, 6.07) is -0.133. The van der Waals surface area contributed by atoms with Crippen molar-refractivity contribution in [2.45, 2.75) is 37.5 Å². The Morgan fingerprint density at radius 1 is 1.50 bits per heavy atom. The van der Waals surface area contributed by atoms with E-state index in [0.717, 1.165) is 6.42 Å². The lowest BCUT2D eigenvalue weighted by atomic mass is 10.1. The smallest absolute Gasteiger partial charge is 0.240 e. The molecule has 0 aromatic carbocycles. The number of rotatable bonds is 3. The molecule has 2 unspecified atom stereocenters. The second-order valence-corrected chi connectivity index (χ2v) is 6.92. The summed E-state index contributed by atoms with van der Waals surface area (Å²) in [7, 11) is -1.63. The van der Waals surface area contributed by atoms with Gasteiger partial charge in [-0.25, -0.2) is 8.42 Å². The maximum absolute atomic E-state index is 12.0. The first-order chi connectivity index (χ1) is 7.40. The highest BCUT2D eigenvalue weighted by Gasteiger charge is 2.37. The Hall–Kier alpha value is -0.290. The molecule has 0 bridgehead atoms. The van der Waals surface area contributed by atoms with Crippen LogP contribution in [0.2, 0.25) is 0 Å². The van der Waals surface area contributed by atoms with Crippen molar-refractivity contribution in [2.75, 3.05) is 18.7 Å². The fourth-order valence-electron chi connectivity index (χ4n) is 1.78. The summed E-state index contributed by atoms with van der Waals surface area (Å²) in [5.41, 5.74) is 0. The molecule has 2 atom stereocenters. The average Bonchev–Trinajstić information content (AvgIpc) is 2.25. The minimum atomic E-state index is -3.24. The van der Waals surface area contributed by atoms with Crippen molar-refractivity contribution in [3.05, 3.63) is 0 Å². The summed E-state index contributed by atoms with van der Waals surface area (Å²) in [6.07, 6.45) is 1.92. The van der Waals surface area contributed by atoms with E-state index in [4.69, 9.17) is 11.6 Å². The second-order valence-electron chi connectivity index (χ2n) is 4.30. The first kappa shape index (κ1) is 13.8. The van der Waals surface area contributed by atoms with Crippen LogP contribution in [0.1, 0.15) is 26.2 Å². The molecule has 1 amide bonds. The van der Waals surface area contributed by atoms with Gasteiger partial charge in [0.2, 0.25) is 5.91 Å². The first-order valence-electron chi connectivity index (χ1n) is 5.44. The van der Waals surface area contributed by atoms with E-state index >= 15 is 0 Å². The van der Waals surface area contributed by atoms with Crippen LogP contribution < -0.4 is 0 Å². The van der Waals surface area contributed by atoms with Crippen molar-refractivity contribution in [2.24, 2.45) is 0 Å². The van der Waals surface area contributed by atoms with E-state index in [1.54, 1.807) is 14.0 Å². The second kappa shape index (κ2) is 5.36. The van der Waals surface area contributed by atoms with Crippen molar-refractivity contribution in [1.82, 2.24) is 4.90 Å². The van der Waals surface area contributed by atoms with Crippen molar-refractivity contribution in [1.29, 1.82) is 0 Å². The molecule has 94 valence electrons. The Bertz CT molecular complexity index is 355. The first-order valence-corrected chi connectivity index (χ1v) is 7.69. The van der Waals surface area contributed by atoms with E-state index in [1.165, 1.54) is 4.90 Å². The van der Waals surface area contributed by atoms with Gasteiger partial charge in [0.25, 0.3) is 0 Å². The SMILES string of the molecule is CC(CCl)N(C)C(=O)C1CCCCS1(=O)=O. The highest BCUT2D eigenvalue weighted by Crippen LogP contribution is 2.21. The maximum Gasteiger partial charge on any atom is 0.240 e. The third-order valence-corrected chi connectivity index (χ3v) is 5.69. The fraction of sp³-hybridized carbons (Fsp3) is 0.900.